The molecular formula is C38H60O6. The van der Waals surface area contributed by atoms with Crippen molar-refractivity contribution >= 4 is 17.9 Å². The van der Waals surface area contributed by atoms with Crippen molar-refractivity contribution in [2.75, 3.05) is 6.61 Å². The van der Waals surface area contributed by atoms with Crippen molar-refractivity contribution in [3.63, 3.8) is 0 Å². The van der Waals surface area contributed by atoms with Crippen molar-refractivity contribution in [2.24, 2.45) is 56.7 Å². The Balaban J connectivity index is 1.52. The lowest BCUT2D eigenvalue weighted by Crippen LogP contribution is -2.68. The maximum absolute atomic E-state index is 14.1. The van der Waals surface area contributed by atoms with Crippen molar-refractivity contribution in [1.29, 1.82) is 0 Å². The van der Waals surface area contributed by atoms with Gasteiger partial charge in [-0.05, 0) is 138 Å². The van der Waals surface area contributed by atoms with Crippen LogP contribution in [-0.4, -0.2) is 36.2 Å². The molecule has 5 saturated carbocycles. The lowest BCUT2D eigenvalue weighted by Gasteiger charge is -2.72. The average Bonchev–Trinajstić information content (AvgIpc) is 3.30. The van der Waals surface area contributed by atoms with Crippen LogP contribution in [0.25, 0.3) is 0 Å². The van der Waals surface area contributed by atoms with Gasteiger partial charge in [0.2, 0.25) is 0 Å². The third-order valence-corrected chi connectivity index (χ3v) is 14.5. The van der Waals surface area contributed by atoms with E-state index in [1.165, 1.54) is 19.4 Å². The van der Waals surface area contributed by atoms with Gasteiger partial charge in [0.05, 0.1) is 5.41 Å². The van der Waals surface area contributed by atoms with Crippen molar-refractivity contribution in [3.05, 3.63) is 12.2 Å². The van der Waals surface area contributed by atoms with Crippen LogP contribution >= 0.6 is 0 Å². The monoisotopic (exact) mass is 612 g/mol. The molecule has 0 radical (unpaired) electrons. The molecule has 0 N–H and O–H groups in total. The Kier molecular flexibility index (Phi) is 8.27. The second-order valence-electron chi connectivity index (χ2n) is 17.8. The summed E-state index contributed by atoms with van der Waals surface area (Å²) in [6.45, 7) is 25.7. The van der Waals surface area contributed by atoms with E-state index in [2.05, 4.69) is 41.2 Å². The second-order valence-corrected chi connectivity index (χ2v) is 17.8. The van der Waals surface area contributed by atoms with Gasteiger partial charge < -0.3 is 14.2 Å². The highest BCUT2D eigenvalue weighted by Crippen LogP contribution is 2.77. The Morgan fingerprint density at radius 2 is 1.45 bits per heavy atom. The Morgan fingerprint density at radius 1 is 0.773 bits per heavy atom. The first-order valence-corrected chi connectivity index (χ1v) is 17.4. The highest BCUT2D eigenvalue weighted by atomic mass is 16.6. The summed E-state index contributed by atoms with van der Waals surface area (Å²) in [5.74, 6) is 1.33. The van der Waals surface area contributed by atoms with Crippen molar-refractivity contribution in [2.45, 2.75) is 145 Å². The minimum absolute atomic E-state index is 0.0220. The highest BCUT2D eigenvalue weighted by Gasteiger charge is 2.73. The maximum Gasteiger partial charge on any atom is 0.312 e. The molecule has 0 aromatic carbocycles. The number of hydrogen-bond acceptors (Lipinski definition) is 6. The zero-order valence-corrected chi connectivity index (χ0v) is 29.4. The fraction of sp³-hybridized carbons (Fsp3) is 0.868. The second kappa shape index (κ2) is 10.9. The summed E-state index contributed by atoms with van der Waals surface area (Å²) < 4.78 is 17.9. The van der Waals surface area contributed by atoms with E-state index in [0.29, 0.717) is 17.8 Å². The number of fused-ring (bicyclic) bond motifs is 7. The van der Waals surface area contributed by atoms with Crippen LogP contribution < -0.4 is 0 Å². The van der Waals surface area contributed by atoms with Crippen LogP contribution in [-0.2, 0) is 28.6 Å². The Bertz CT molecular complexity index is 1200. The predicted octanol–water partition coefficient (Wildman–Crippen LogP) is 8.46. The van der Waals surface area contributed by atoms with Crippen LogP contribution in [0.15, 0.2) is 12.2 Å². The molecule has 5 aliphatic rings. The summed E-state index contributed by atoms with van der Waals surface area (Å²) in [5, 5.41) is 0. The first-order valence-electron chi connectivity index (χ1n) is 17.4. The van der Waals surface area contributed by atoms with Crippen LogP contribution in [0.3, 0.4) is 0 Å². The summed E-state index contributed by atoms with van der Waals surface area (Å²) in [6, 6.07) is 0. The molecule has 0 bridgehead atoms. The fourth-order valence-electron chi connectivity index (χ4n) is 12.5. The third-order valence-electron chi connectivity index (χ3n) is 14.5. The van der Waals surface area contributed by atoms with Gasteiger partial charge in [0, 0.05) is 19.3 Å². The molecule has 0 spiro atoms. The van der Waals surface area contributed by atoms with Gasteiger partial charge in [0.1, 0.15) is 18.3 Å². The lowest BCUT2D eigenvalue weighted by molar-refractivity contribution is -0.258. The molecule has 248 valence electrons. The molecule has 11 atom stereocenters. The van der Waals surface area contributed by atoms with Crippen LogP contribution in [0.5, 0.6) is 0 Å². The number of carbonyl (C=O) groups excluding carboxylic acids is 3. The first-order chi connectivity index (χ1) is 20.2. The normalized spacial score (nSPS) is 46.4. The molecule has 0 aliphatic heterocycles. The van der Waals surface area contributed by atoms with Gasteiger partial charge >= 0.3 is 17.9 Å². The summed E-state index contributed by atoms with van der Waals surface area (Å²) >= 11 is 0. The summed E-state index contributed by atoms with van der Waals surface area (Å²) in [7, 11) is 0. The lowest BCUT2D eigenvalue weighted by atomic mass is 9.32. The molecule has 5 rings (SSSR count). The van der Waals surface area contributed by atoms with Crippen molar-refractivity contribution in [3.8, 4) is 0 Å². The number of carbonyl (C=O) groups is 3. The molecule has 44 heavy (non-hydrogen) atoms. The van der Waals surface area contributed by atoms with Gasteiger partial charge in [-0.3, -0.25) is 14.4 Å². The number of allylic oxidation sites excluding steroid dienone is 1. The molecule has 0 aromatic heterocycles. The molecule has 5 fully saturated rings. The van der Waals surface area contributed by atoms with E-state index in [0.717, 1.165) is 64.2 Å². The zero-order valence-electron chi connectivity index (χ0n) is 29.4. The van der Waals surface area contributed by atoms with Gasteiger partial charge in [-0.15, -0.1) is 0 Å². The topological polar surface area (TPSA) is 78.9 Å². The molecule has 0 heterocycles. The Labute approximate surface area is 266 Å². The van der Waals surface area contributed by atoms with E-state index in [1.807, 2.05) is 20.8 Å². The molecule has 0 unspecified atom stereocenters. The summed E-state index contributed by atoms with van der Waals surface area (Å²) in [5.41, 5.74) is 0.109. The SMILES string of the molecule is C=C(C)[C@@H]1CC[C@]2(C(=O)OC(C)(C)C)CC[C@]3(C)[C@H](CC[C@@H]4[C@@]5(C)CC[C@H](OC(C)=O)[C@@](C)(COC(C)=O)[C@@H]5CC[C@]43C)[C@@H]12. The van der Waals surface area contributed by atoms with Crippen molar-refractivity contribution in [1.82, 2.24) is 0 Å². The first kappa shape index (κ1) is 33.5. The zero-order chi connectivity index (χ0) is 32.7. The van der Waals surface area contributed by atoms with Crippen LogP contribution in [0, 0.1) is 56.7 Å². The van der Waals surface area contributed by atoms with E-state index in [1.54, 1.807) is 0 Å². The maximum atomic E-state index is 14.1. The van der Waals surface area contributed by atoms with Crippen LogP contribution in [0.4, 0.5) is 0 Å². The fourth-order valence-corrected chi connectivity index (χ4v) is 12.5. The minimum atomic E-state index is -0.501. The predicted molar refractivity (Wildman–Crippen MR) is 171 cm³/mol. The molecule has 6 heteroatoms. The van der Waals surface area contributed by atoms with E-state index < -0.39 is 16.4 Å². The highest BCUT2D eigenvalue weighted by molar-refractivity contribution is 5.79. The molecule has 0 saturated heterocycles. The van der Waals surface area contributed by atoms with Gasteiger partial charge in [0.25, 0.3) is 0 Å². The average molecular weight is 613 g/mol. The van der Waals surface area contributed by atoms with E-state index >= 15 is 0 Å². The third kappa shape index (κ3) is 4.89. The standard InChI is InChI=1S/C38H60O6/c1-23(2)26-14-19-38(32(41)44-33(5,6)7)21-20-36(10)27(31(26)38)12-13-29-34(8)17-16-30(43-25(4)40)35(9,22-42-24(3)39)28(34)15-18-37(29,36)11/h26-31H,1,12-22H2,2-11H3/t26-,27+,28+,29+,30-,31+,34-,35-,36+,37+,38-/m0/s1. The smallest absolute Gasteiger partial charge is 0.312 e. The molecule has 6 nitrogen and oxygen atoms in total. The van der Waals surface area contributed by atoms with E-state index in [-0.39, 0.29) is 58.7 Å². The molecule has 0 amide bonds. The minimum Gasteiger partial charge on any atom is -0.465 e. The molecule has 0 aromatic rings. The molecular weight excluding hydrogens is 552 g/mol. The Hall–Kier alpha value is -1.85. The number of rotatable bonds is 5. The van der Waals surface area contributed by atoms with Gasteiger partial charge in [-0.1, -0.05) is 39.8 Å². The van der Waals surface area contributed by atoms with Crippen LogP contribution in [0.1, 0.15) is 133 Å². The van der Waals surface area contributed by atoms with Gasteiger partial charge in [0.15, 0.2) is 0 Å². The van der Waals surface area contributed by atoms with E-state index in [4.69, 9.17) is 14.2 Å². The van der Waals surface area contributed by atoms with Gasteiger partial charge in [-0.25, -0.2) is 0 Å². The summed E-state index contributed by atoms with van der Waals surface area (Å²) in [6.07, 6.45) is 9.78. The number of ether oxygens (including phenoxy) is 3. The molecule has 5 aliphatic carbocycles. The quantitative estimate of drug-likeness (QED) is 0.176. The summed E-state index contributed by atoms with van der Waals surface area (Å²) in [4.78, 5) is 38.4. The number of hydrogen-bond donors (Lipinski definition) is 0. The van der Waals surface area contributed by atoms with Crippen LogP contribution in [0.2, 0.25) is 0 Å². The number of esters is 3. The largest absolute Gasteiger partial charge is 0.465 e. The van der Waals surface area contributed by atoms with Gasteiger partial charge in [-0.2, -0.15) is 0 Å². The van der Waals surface area contributed by atoms with Crippen molar-refractivity contribution < 1.29 is 28.6 Å². The van der Waals surface area contributed by atoms with E-state index in [9.17, 15) is 14.4 Å². The Morgan fingerprint density at radius 3 is 2.05 bits per heavy atom.